The van der Waals surface area contributed by atoms with E-state index in [0.717, 1.165) is 12.8 Å². The van der Waals surface area contributed by atoms with Gasteiger partial charge in [0, 0.05) is 12.2 Å². The molecule has 1 aliphatic heterocycles. The van der Waals surface area contributed by atoms with Crippen LogP contribution in [0.15, 0.2) is 122 Å². The predicted octanol–water partition coefficient (Wildman–Crippen LogP) is 9.10. The quantitative estimate of drug-likeness (QED) is 0.0218. The topological polar surface area (TPSA) is 152 Å². The summed E-state index contributed by atoms with van der Waals surface area (Å²) >= 11 is 0. The second kappa shape index (κ2) is 38.3. The Kier molecular flexibility index (Phi) is 34.5. The molecule has 4 N–H and O–H groups in total. The number of carbonyl (C=O) groups is 2. The number of carbonyl (C=O) groups excluding carboxylic acids is 2. The molecule has 0 aromatic carbocycles. The van der Waals surface area contributed by atoms with Crippen LogP contribution in [-0.4, -0.2) is 89.0 Å². The van der Waals surface area contributed by atoms with Crippen LogP contribution in [-0.2, 0) is 28.5 Å². The van der Waals surface area contributed by atoms with Crippen molar-refractivity contribution in [3.8, 4) is 0 Å². The van der Waals surface area contributed by atoms with Gasteiger partial charge in [0.2, 0.25) is 0 Å². The Morgan fingerprint density at radius 2 is 0.949 bits per heavy atom. The molecular formula is C49H74O10. The third-order valence-corrected chi connectivity index (χ3v) is 9.23. The van der Waals surface area contributed by atoms with Crippen molar-refractivity contribution < 1.29 is 49.0 Å². The molecule has 59 heavy (non-hydrogen) atoms. The van der Waals surface area contributed by atoms with Gasteiger partial charge in [0.05, 0.1) is 13.2 Å². The first-order chi connectivity index (χ1) is 28.8. The van der Waals surface area contributed by atoms with Gasteiger partial charge in [-0.05, 0) is 25.7 Å². The third-order valence-electron chi connectivity index (χ3n) is 9.23. The summed E-state index contributed by atoms with van der Waals surface area (Å²) < 4.78 is 21.6. The molecule has 0 radical (unpaired) electrons. The largest absolute Gasteiger partial charge is 0.458 e. The van der Waals surface area contributed by atoms with Crippen molar-refractivity contribution in [1.29, 1.82) is 0 Å². The second-order valence-electron chi connectivity index (χ2n) is 14.4. The van der Waals surface area contributed by atoms with Gasteiger partial charge in [0.1, 0.15) is 31.0 Å². The summed E-state index contributed by atoms with van der Waals surface area (Å²) in [6, 6.07) is 0. The van der Waals surface area contributed by atoms with Gasteiger partial charge in [0.15, 0.2) is 12.4 Å². The molecule has 1 rings (SSSR count). The molecule has 1 unspecified atom stereocenters. The SMILES string of the molecule is CCCCCCCCCC=CC=CC=CC=CC=CC(=O)OCC(CO[C@@H]1O[C@H](CO)[C@H](O)[C@H](O)[C@@H]1O)OC(=O)C=CC=CC=CC=CC=CCCCCCCCCC. The van der Waals surface area contributed by atoms with Crippen molar-refractivity contribution in [3.05, 3.63) is 122 Å². The number of hydrogen-bond donors (Lipinski definition) is 4. The first kappa shape index (κ1) is 53.1. The van der Waals surface area contributed by atoms with E-state index in [1.54, 1.807) is 24.3 Å². The van der Waals surface area contributed by atoms with E-state index in [1.165, 1.54) is 114 Å². The zero-order valence-corrected chi connectivity index (χ0v) is 35.7. The normalized spacial score (nSPS) is 21.2. The van der Waals surface area contributed by atoms with Crippen LogP contribution in [0.1, 0.15) is 117 Å². The van der Waals surface area contributed by atoms with E-state index in [-0.39, 0.29) is 6.61 Å². The van der Waals surface area contributed by atoms with Gasteiger partial charge in [-0.1, -0.05) is 200 Å². The molecule has 0 aliphatic carbocycles. The van der Waals surface area contributed by atoms with Gasteiger partial charge in [0.25, 0.3) is 0 Å². The van der Waals surface area contributed by atoms with Crippen molar-refractivity contribution in [2.75, 3.05) is 19.8 Å². The van der Waals surface area contributed by atoms with Gasteiger partial charge in [-0.25, -0.2) is 9.59 Å². The maximum atomic E-state index is 12.6. The molecule has 330 valence electrons. The Hall–Kier alpha value is -3.90. The number of aliphatic hydroxyl groups is 4. The van der Waals surface area contributed by atoms with Crippen LogP contribution in [0.2, 0.25) is 0 Å². The number of unbranched alkanes of at least 4 members (excludes halogenated alkanes) is 14. The highest BCUT2D eigenvalue weighted by Crippen LogP contribution is 2.22. The molecule has 0 aromatic rings. The van der Waals surface area contributed by atoms with Crippen LogP contribution in [0.25, 0.3) is 0 Å². The van der Waals surface area contributed by atoms with Crippen LogP contribution in [0, 0.1) is 0 Å². The maximum Gasteiger partial charge on any atom is 0.331 e. The van der Waals surface area contributed by atoms with Gasteiger partial charge in [-0.3, -0.25) is 0 Å². The molecule has 1 saturated heterocycles. The van der Waals surface area contributed by atoms with Crippen LogP contribution >= 0.6 is 0 Å². The van der Waals surface area contributed by atoms with E-state index in [0.29, 0.717) is 0 Å². The first-order valence-corrected chi connectivity index (χ1v) is 21.8. The summed E-state index contributed by atoms with van der Waals surface area (Å²) in [6.07, 6.45) is 47.6. The van der Waals surface area contributed by atoms with Crippen LogP contribution < -0.4 is 0 Å². The summed E-state index contributed by atoms with van der Waals surface area (Å²) in [5, 5.41) is 40.0. The van der Waals surface area contributed by atoms with Crippen molar-refractivity contribution in [2.45, 2.75) is 153 Å². The lowest BCUT2D eigenvalue weighted by Gasteiger charge is -2.39. The lowest BCUT2D eigenvalue weighted by atomic mass is 9.99. The zero-order valence-electron chi connectivity index (χ0n) is 35.7. The Morgan fingerprint density at radius 3 is 1.42 bits per heavy atom. The fourth-order valence-electron chi connectivity index (χ4n) is 5.78. The predicted molar refractivity (Wildman–Crippen MR) is 237 cm³/mol. The third kappa shape index (κ3) is 29.9. The minimum atomic E-state index is -1.65. The van der Waals surface area contributed by atoms with E-state index in [1.807, 2.05) is 60.8 Å². The van der Waals surface area contributed by atoms with E-state index in [2.05, 4.69) is 26.0 Å². The van der Waals surface area contributed by atoms with Crippen LogP contribution in [0.5, 0.6) is 0 Å². The summed E-state index contributed by atoms with van der Waals surface area (Å²) in [5.41, 5.74) is 0. The fraction of sp³-hybridized carbons (Fsp3) is 0.551. The average Bonchev–Trinajstić information content (AvgIpc) is 3.23. The fourth-order valence-corrected chi connectivity index (χ4v) is 5.78. The monoisotopic (exact) mass is 823 g/mol. The second-order valence-corrected chi connectivity index (χ2v) is 14.4. The molecule has 0 amide bonds. The van der Waals surface area contributed by atoms with E-state index >= 15 is 0 Å². The molecule has 6 atom stereocenters. The zero-order chi connectivity index (χ0) is 43.0. The number of esters is 2. The molecule has 10 nitrogen and oxygen atoms in total. The maximum absolute atomic E-state index is 12.6. The highest BCUT2D eigenvalue weighted by atomic mass is 16.7. The molecule has 0 aromatic heterocycles. The summed E-state index contributed by atoms with van der Waals surface area (Å²) in [5.74, 6) is -1.44. The highest BCUT2D eigenvalue weighted by Gasteiger charge is 2.44. The lowest BCUT2D eigenvalue weighted by Crippen LogP contribution is -2.59. The Morgan fingerprint density at radius 1 is 0.525 bits per heavy atom. The smallest absolute Gasteiger partial charge is 0.331 e. The van der Waals surface area contributed by atoms with Crippen LogP contribution in [0.4, 0.5) is 0 Å². The van der Waals surface area contributed by atoms with Crippen molar-refractivity contribution >= 4 is 11.9 Å². The van der Waals surface area contributed by atoms with Gasteiger partial charge < -0.3 is 39.4 Å². The molecule has 0 saturated carbocycles. The Bertz CT molecular complexity index is 1370. The van der Waals surface area contributed by atoms with Crippen molar-refractivity contribution in [1.82, 2.24) is 0 Å². The van der Waals surface area contributed by atoms with Crippen LogP contribution in [0.3, 0.4) is 0 Å². The molecule has 1 heterocycles. The van der Waals surface area contributed by atoms with E-state index in [9.17, 15) is 30.0 Å². The number of rotatable bonds is 33. The average molecular weight is 823 g/mol. The number of hydrogen-bond acceptors (Lipinski definition) is 10. The summed E-state index contributed by atoms with van der Waals surface area (Å²) in [7, 11) is 0. The summed E-state index contributed by atoms with van der Waals surface area (Å²) in [6.45, 7) is 3.04. The van der Waals surface area contributed by atoms with Gasteiger partial charge in [-0.15, -0.1) is 0 Å². The molecule has 1 fully saturated rings. The Balaban J connectivity index is 2.58. The number of allylic oxidation sites excluding steroid dienone is 18. The summed E-state index contributed by atoms with van der Waals surface area (Å²) in [4.78, 5) is 25.0. The number of ether oxygens (including phenoxy) is 4. The molecule has 1 aliphatic rings. The minimum Gasteiger partial charge on any atom is -0.458 e. The molecular weight excluding hydrogens is 749 g/mol. The van der Waals surface area contributed by atoms with E-state index < -0.39 is 62.0 Å². The Labute approximate surface area is 354 Å². The highest BCUT2D eigenvalue weighted by molar-refractivity contribution is 5.83. The van der Waals surface area contributed by atoms with Crippen molar-refractivity contribution in [2.24, 2.45) is 0 Å². The number of aliphatic hydroxyl groups excluding tert-OH is 4. The molecule has 0 spiro atoms. The minimum absolute atomic E-state index is 0.389. The first-order valence-electron chi connectivity index (χ1n) is 21.8. The molecule has 0 bridgehead atoms. The standard InChI is InChI=1S/C49H74O10/c1-3-5-7-9-11-13-15-17-19-21-23-25-27-29-31-33-35-37-44(51)56-40-42(41-57-49-48(55)47(54)46(53)43(39-50)59-49)58-45(52)38-36-34-32-30-28-26-24-22-20-18-16-14-12-10-8-6-4-2/h19-38,42-43,46-50,53-55H,3-18,39-41H2,1-2H3/t42?,43-,46+,47+,48+,49-/m1/s1. The van der Waals surface area contributed by atoms with E-state index in [4.69, 9.17) is 18.9 Å². The van der Waals surface area contributed by atoms with Crippen molar-refractivity contribution in [3.63, 3.8) is 0 Å². The lowest BCUT2D eigenvalue weighted by molar-refractivity contribution is -0.305. The van der Waals surface area contributed by atoms with Gasteiger partial charge in [-0.2, -0.15) is 0 Å². The van der Waals surface area contributed by atoms with Gasteiger partial charge >= 0.3 is 11.9 Å². The molecule has 10 heteroatoms.